The lowest BCUT2D eigenvalue weighted by atomic mass is 10.1. The number of carbonyl (C=O) groups is 1. The lowest BCUT2D eigenvalue weighted by molar-refractivity contribution is 0.0514. The normalized spacial score (nSPS) is 14.4. The van der Waals surface area contributed by atoms with E-state index in [1.807, 2.05) is 37.3 Å². The first-order chi connectivity index (χ1) is 13.6. The molecule has 146 valence electrons. The molecular formula is C21H22ClN3O2S. The van der Waals surface area contributed by atoms with Crippen molar-refractivity contribution in [3.05, 3.63) is 51.6 Å². The van der Waals surface area contributed by atoms with Crippen LogP contribution in [0.5, 0.6) is 0 Å². The van der Waals surface area contributed by atoms with Crippen LogP contribution in [0.2, 0.25) is 5.28 Å². The highest BCUT2D eigenvalue weighted by Gasteiger charge is 2.24. The third-order valence-electron chi connectivity index (χ3n) is 5.05. The third kappa shape index (κ3) is 3.98. The van der Waals surface area contributed by atoms with Gasteiger partial charge in [0, 0.05) is 19.5 Å². The molecule has 0 bridgehead atoms. The first kappa shape index (κ1) is 19.2. The maximum Gasteiger partial charge on any atom is 0.348 e. The van der Waals surface area contributed by atoms with E-state index in [1.54, 1.807) is 0 Å². The number of carbonyl (C=O) groups excluding carboxylic acids is 1. The Kier molecular flexibility index (Phi) is 5.78. The molecule has 0 spiro atoms. The average Bonchev–Trinajstić information content (AvgIpc) is 3.05. The number of anilines is 1. The monoisotopic (exact) mass is 415 g/mol. The van der Waals surface area contributed by atoms with E-state index in [0.29, 0.717) is 17.9 Å². The van der Waals surface area contributed by atoms with Crippen molar-refractivity contribution in [1.82, 2.24) is 9.97 Å². The molecule has 5 nitrogen and oxygen atoms in total. The molecule has 1 aliphatic heterocycles. The average molecular weight is 416 g/mol. The second-order valence-corrected chi connectivity index (χ2v) is 8.31. The lowest BCUT2D eigenvalue weighted by Gasteiger charge is -2.28. The molecule has 0 atom stereocenters. The number of aryl methyl sites for hydroxylation is 1. The zero-order valence-corrected chi connectivity index (χ0v) is 17.4. The van der Waals surface area contributed by atoms with E-state index in [9.17, 15) is 4.79 Å². The molecule has 1 aromatic carbocycles. The molecule has 0 saturated carbocycles. The van der Waals surface area contributed by atoms with Crippen LogP contribution in [-0.2, 0) is 11.2 Å². The Labute approximate surface area is 173 Å². The Morgan fingerprint density at radius 2 is 1.93 bits per heavy atom. The summed E-state index contributed by atoms with van der Waals surface area (Å²) >= 11 is 7.51. The van der Waals surface area contributed by atoms with E-state index < -0.39 is 0 Å². The number of esters is 1. The minimum absolute atomic E-state index is 0.221. The Morgan fingerprint density at radius 1 is 1.18 bits per heavy atom. The van der Waals surface area contributed by atoms with Gasteiger partial charge in [0.2, 0.25) is 5.28 Å². The van der Waals surface area contributed by atoms with Crippen molar-refractivity contribution in [2.45, 2.75) is 32.6 Å². The molecule has 0 radical (unpaired) electrons. The predicted molar refractivity (Wildman–Crippen MR) is 114 cm³/mol. The van der Waals surface area contributed by atoms with Crippen molar-refractivity contribution in [2.24, 2.45) is 0 Å². The molecule has 0 unspecified atom stereocenters. The summed E-state index contributed by atoms with van der Waals surface area (Å²) in [5.41, 5.74) is 2.02. The van der Waals surface area contributed by atoms with Crippen LogP contribution in [0.4, 0.5) is 5.82 Å². The van der Waals surface area contributed by atoms with Crippen LogP contribution in [0.3, 0.4) is 0 Å². The molecule has 1 aliphatic rings. The van der Waals surface area contributed by atoms with E-state index in [4.69, 9.17) is 16.3 Å². The van der Waals surface area contributed by atoms with E-state index in [2.05, 4.69) is 14.9 Å². The summed E-state index contributed by atoms with van der Waals surface area (Å²) in [6, 6.07) is 10.00. The summed E-state index contributed by atoms with van der Waals surface area (Å²) < 4.78 is 5.53. The van der Waals surface area contributed by atoms with Gasteiger partial charge in [0.05, 0.1) is 12.0 Å². The van der Waals surface area contributed by atoms with E-state index in [-0.39, 0.29) is 11.3 Å². The molecule has 4 rings (SSSR count). The highest BCUT2D eigenvalue weighted by atomic mass is 35.5. The van der Waals surface area contributed by atoms with E-state index >= 15 is 0 Å². The molecule has 7 heteroatoms. The molecule has 3 aromatic rings. The zero-order chi connectivity index (χ0) is 19.5. The number of aromatic nitrogens is 2. The van der Waals surface area contributed by atoms with Gasteiger partial charge in [-0.1, -0.05) is 30.3 Å². The summed E-state index contributed by atoms with van der Waals surface area (Å²) in [7, 11) is 0. The largest absolute Gasteiger partial charge is 0.461 e. The van der Waals surface area contributed by atoms with Crippen molar-refractivity contribution in [1.29, 1.82) is 0 Å². The van der Waals surface area contributed by atoms with Gasteiger partial charge in [0.15, 0.2) is 0 Å². The lowest BCUT2D eigenvalue weighted by Crippen LogP contribution is -2.30. The number of piperidine rings is 1. The first-order valence-electron chi connectivity index (χ1n) is 9.56. The summed E-state index contributed by atoms with van der Waals surface area (Å²) in [6.07, 6.45) is 4.21. The number of hydrogen-bond donors (Lipinski definition) is 0. The third-order valence-corrected chi connectivity index (χ3v) is 6.39. The molecule has 3 heterocycles. The van der Waals surface area contributed by atoms with Gasteiger partial charge >= 0.3 is 5.97 Å². The number of hydrogen-bond acceptors (Lipinski definition) is 6. The maximum atomic E-state index is 12.7. The molecule has 1 saturated heterocycles. The van der Waals surface area contributed by atoms with Gasteiger partial charge < -0.3 is 9.64 Å². The van der Waals surface area contributed by atoms with Crippen LogP contribution in [0.15, 0.2) is 30.3 Å². The standard InChI is InChI=1S/C21H22ClN3O2S/c1-14-16-18(25-11-6-3-7-12-25)23-21(22)24-19(16)28-17(14)20(26)27-13-10-15-8-4-2-5-9-15/h2,4-5,8-9H,3,6-7,10-13H2,1H3. The number of ether oxygens (including phenoxy) is 1. The van der Waals surface area contributed by atoms with Gasteiger partial charge in [-0.2, -0.15) is 4.98 Å². The Morgan fingerprint density at radius 3 is 2.68 bits per heavy atom. The van der Waals surface area contributed by atoms with Gasteiger partial charge in [-0.25, -0.2) is 9.78 Å². The van der Waals surface area contributed by atoms with Crippen molar-refractivity contribution in [2.75, 3.05) is 24.6 Å². The molecule has 0 N–H and O–H groups in total. The quantitative estimate of drug-likeness (QED) is 0.431. The Balaban J connectivity index is 1.57. The van der Waals surface area contributed by atoms with Crippen LogP contribution in [0.1, 0.15) is 40.1 Å². The number of fused-ring (bicyclic) bond motifs is 1. The van der Waals surface area contributed by atoms with Crippen LogP contribution in [-0.4, -0.2) is 35.6 Å². The van der Waals surface area contributed by atoms with Gasteiger partial charge in [-0.3, -0.25) is 0 Å². The van der Waals surface area contributed by atoms with Gasteiger partial charge in [-0.05, 0) is 48.9 Å². The van der Waals surface area contributed by atoms with Crippen LogP contribution >= 0.6 is 22.9 Å². The van der Waals surface area contributed by atoms with Crippen LogP contribution in [0, 0.1) is 6.92 Å². The number of rotatable bonds is 5. The maximum absolute atomic E-state index is 12.7. The molecular weight excluding hydrogens is 394 g/mol. The molecule has 0 amide bonds. The fourth-order valence-corrected chi connectivity index (χ4v) is 4.88. The number of benzene rings is 1. The van der Waals surface area contributed by atoms with Crippen molar-refractivity contribution in [3.8, 4) is 0 Å². The highest BCUT2D eigenvalue weighted by Crippen LogP contribution is 2.37. The smallest absolute Gasteiger partial charge is 0.348 e. The summed E-state index contributed by atoms with van der Waals surface area (Å²) in [5, 5.41) is 1.14. The van der Waals surface area contributed by atoms with E-state index in [0.717, 1.165) is 53.1 Å². The fraction of sp³-hybridized carbons (Fsp3) is 0.381. The summed E-state index contributed by atoms with van der Waals surface area (Å²) in [4.78, 5) is 25.1. The predicted octanol–water partition coefficient (Wildman–Crippen LogP) is 5.04. The molecule has 2 aromatic heterocycles. The second kappa shape index (κ2) is 8.45. The molecule has 1 fully saturated rings. The van der Waals surface area contributed by atoms with Crippen molar-refractivity contribution in [3.63, 3.8) is 0 Å². The van der Waals surface area contributed by atoms with Crippen molar-refractivity contribution < 1.29 is 9.53 Å². The second-order valence-electron chi connectivity index (χ2n) is 6.97. The van der Waals surface area contributed by atoms with Gasteiger partial charge in [0.1, 0.15) is 15.5 Å². The minimum atomic E-state index is -0.308. The summed E-state index contributed by atoms with van der Waals surface area (Å²) in [5.74, 6) is 0.531. The Hall–Kier alpha value is -2.18. The number of thiophene rings is 1. The van der Waals surface area contributed by atoms with Crippen LogP contribution < -0.4 is 4.90 Å². The van der Waals surface area contributed by atoms with Gasteiger partial charge in [0.25, 0.3) is 0 Å². The highest BCUT2D eigenvalue weighted by molar-refractivity contribution is 7.20. The molecule has 28 heavy (non-hydrogen) atoms. The topological polar surface area (TPSA) is 55.3 Å². The SMILES string of the molecule is Cc1c(C(=O)OCCc2ccccc2)sc2nc(Cl)nc(N3CCCCC3)c12. The Bertz CT molecular complexity index is 984. The van der Waals surface area contributed by atoms with Crippen molar-refractivity contribution >= 4 is 44.9 Å². The molecule has 0 aliphatic carbocycles. The van der Waals surface area contributed by atoms with E-state index in [1.165, 1.54) is 17.8 Å². The van der Waals surface area contributed by atoms with Crippen LogP contribution in [0.25, 0.3) is 10.2 Å². The van der Waals surface area contributed by atoms with Gasteiger partial charge in [-0.15, -0.1) is 11.3 Å². The number of halogens is 1. The first-order valence-corrected chi connectivity index (χ1v) is 10.8. The summed E-state index contributed by atoms with van der Waals surface area (Å²) in [6.45, 7) is 4.20. The minimum Gasteiger partial charge on any atom is -0.461 e. The zero-order valence-electron chi connectivity index (χ0n) is 15.8. The number of nitrogens with zero attached hydrogens (tertiary/aromatic N) is 3. The fourth-order valence-electron chi connectivity index (χ4n) is 3.59.